The van der Waals surface area contributed by atoms with Gasteiger partial charge in [-0.25, -0.2) is 4.98 Å². The first-order valence-corrected chi connectivity index (χ1v) is 9.18. The van der Waals surface area contributed by atoms with Crippen molar-refractivity contribution in [1.82, 2.24) is 4.98 Å². The number of hydrazone groups is 1. The third kappa shape index (κ3) is 4.68. The third-order valence-corrected chi connectivity index (χ3v) is 4.51. The molecule has 0 saturated heterocycles. The molecule has 8 heteroatoms. The molecule has 1 N–H and O–H groups in total. The number of rotatable bonds is 7. The number of nitrogens with one attached hydrogen (secondary N) is 1. The minimum atomic E-state index is -0.417. The molecule has 138 valence electrons. The molecule has 1 heterocycles. The number of benzene rings is 2. The van der Waals surface area contributed by atoms with Gasteiger partial charge in [0.1, 0.15) is 5.75 Å². The van der Waals surface area contributed by atoms with Crippen LogP contribution in [-0.4, -0.2) is 22.2 Å². The topological polar surface area (TPSA) is 89.7 Å². The average molecular weight is 382 g/mol. The Hall–Kier alpha value is -3.26. The molecule has 0 atom stereocenters. The molecule has 0 unspecified atom stereocenters. The van der Waals surface area contributed by atoms with E-state index < -0.39 is 4.92 Å². The summed E-state index contributed by atoms with van der Waals surface area (Å²) in [6.45, 7) is 4.48. The molecule has 3 rings (SSSR count). The van der Waals surface area contributed by atoms with E-state index in [0.29, 0.717) is 23.0 Å². The number of aromatic nitrogens is 1. The number of nitro benzene ring substituents is 1. The second-order valence-electron chi connectivity index (χ2n) is 5.61. The van der Waals surface area contributed by atoms with Crippen molar-refractivity contribution in [3.8, 4) is 17.0 Å². The van der Waals surface area contributed by atoms with Crippen LogP contribution in [0.25, 0.3) is 11.3 Å². The van der Waals surface area contributed by atoms with Gasteiger partial charge < -0.3 is 4.74 Å². The minimum absolute atomic E-state index is 0.0411. The lowest BCUT2D eigenvalue weighted by molar-refractivity contribution is -0.384. The largest absolute Gasteiger partial charge is 0.494 e. The maximum atomic E-state index is 10.9. The summed E-state index contributed by atoms with van der Waals surface area (Å²) in [5, 5.41) is 17.7. The number of nitrogens with zero attached hydrogens (tertiary/aromatic N) is 3. The molecule has 0 saturated carbocycles. The van der Waals surface area contributed by atoms with Gasteiger partial charge in [-0.15, -0.1) is 11.3 Å². The molecule has 0 aliphatic heterocycles. The monoisotopic (exact) mass is 382 g/mol. The number of hydrogen-bond donors (Lipinski definition) is 1. The highest BCUT2D eigenvalue weighted by atomic mass is 32.1. The Morgan fingerprint density at radius 2 is 2.07 bits per heavy atom. The van der Waals surface area contributed by atoms with E-state index in [-0.39, 0.29) is 5.69 Å². The fourth-order valence-corrected chi connectivity index (χ4v) is 3.05. The zero-order valence-corrected chi connectivity index (χ0v) is 15.7. The molecule has 0 bridgehead atoms. The minimum Gasteiger partial charge on any atom is -0.494 e. The summed E-state index contributed by atoms with van der Waals surface area (Å²) < 4.78 is 5.43. The van der Waals surface area contributed by atoms with Gasteiger partial charge in [0, 0.05) is 23.1 Å². The molecule has 7 nitrogen and oxygen atoms in total. The van der Waals surface area contributed by atoms with Crippen LogP contribution >= 0.6 is 11.3 Å². The predicted molar refractivity (Wildman–Crippen MR) is 108 cm³/mol. The number of ether oxygens (including phenoxy) is 1. The summed E-state index contributed by atoms with van der Waals surface area (Å²) in [4.78, 5) is 14.9. The number of anilines is 1. The highest BCUT2D eigenvalue weighted by Gasteiger charge is 2.10. The van der Waals surface area contributed by atoms with Gasteiger partial charge in [-0.05, 0) is 43.7 Å². The van der Waals surface area contributed by atoms with Crippen molar-refractivity contribution in [3.05, 3.63) is 69.6 Å². The van der Waals surface area contributed by atoms with Gasteiger partial charge in [0.25, 0.3) is 5.69 Å². The third-order valence-electron chi connectivity index (χ3n) is 3.76. The maximum absolute atomic E-state index is 10.9. The standard InChI is InChI=1S/C19H18N4O3S/c1-3-26-17-9-7-14(8-10-17)13(2)21-22-19-20-18(12-27-19)15-5-4-6-16(11-15)23(24)25/h4-12H,3H2,1-2H3,(H,20,22)/b21-13-. The zero-order chi connectivity index (χ0) is 19.2. The van der Waals surface area contributed by atoms with Crippen LogP contribution in [0.3, 0.4) is 0 Å². The molecular weight excluding hydrogens is 364 g/mol. The molecule has 2 aromatic carbocycles. The number of hydrogen-bond acceptors (Lipinski definition) is 7. The Morgan fingerprint density at radius 1 is 1.30 bits per heavy atom. The van der Waals surface area contributed by atoms with Crippen LogP contribution in [0.2, 0.25) is 0 Å². The normalized spacial score (nSPS) is 11.3. The Balaban J connectivity index is 1.71. The molecule has 0 radical (unpaired) electrons. The van der Waals surface area contributed by atoms with E-state index in [1.807, 2.05) is 43.5 Å². The quantitative estimate of drug-likeness (QED) is 0.355. The highest BCUT2D eigenvalue weighted by molar-refractivity contribution is 7.14. The van der Waals surface area contributed by atoms with Crippen LogP contribution in [0.5, 0.6) is 5.75 Å². The van der Waals surface area contributed by atoms with Gasteiger partial charge in [-0.2, -0.15) is 5.10 Å². The van der Waals surface area contributed by atoms with Gasteiger partial charge in [0.05, 0.1) is 22.9 Å². The Bertz CT molecular complexity index is 967. The molecule has 0 spiro atoms. The second-order valence-corrected chi connectivity index (χ2v) is 6.47. The summed E-state index contributed by atoms with van der Waals surface area (Å²) in [5.74, 6) is 0.823. The lowest BCUT2D eigenvalue weighted by atomic mass is 10.1. The molecular formula is C19H18N4O3S. The second kappa shape index (κ2) is 8.41. The van der Waals surface area contributed by atoms with E-state index in [2.05, 4.69) is 15.5 Å². The Labute approximate surface area is 160 Å². The predicted octanol–water partition coefficient (Wildman–Crippen LogP) is 4.95. The zero-order valence-electron chi connectivity index (χ0n) is 14.9. The molecule has 0 fully saturated rings. The van der Waals surface area contributed by atoms with E-state index in [1.54, 1.807) is 12.1 Å². The van der Waals surface area contributed by atoms with Crippen LogP contribution in [0.4, 0.5) is 10.8 Å². The first kappa shape index (κ1) is 18.5. The molecule has 3 aromatic rings. The van der Waals surface area contributed by atoms with Gasteiger partial charge in [0.2, 0.25) is 5.13 Å². The lowest BCUT2D eigenvalue weighted by Gasteiger charge is -2.05. The Kier molecular flexibility index (Phi) is 5.77. The Morgan fingerprint density at radius 3 is 2.78 bits per heavy atom. The van der Waals surface area contributed by atoms with E-state index in [9.17, 15) is 10.1 Å². The van der Waals surface area contributed by atoms with E-state index >= 15 is 0 Å². The van der Waals surface area contributed by atoms with Gasteiger partial charge in [-0.3, -0.25) is 15.5 Å². The van der Waals surface area contributed by atoms with Crippen molar-refractivity contribution in [3.63, 3.8) is 0 Å². The van der Waals surface area contributed by atoms with Gasteiger partial charge >= 0.3 is 0 Å². The first-order valence-electron chi connectivity index (χ1n) is 8.30. The molecule has 0 amide bonds. The van der Waals surface area contributed by atoms with Crippen LogP contribution in [-0.2, 0) is 0 Å². The van der Waals surface area contributed by atoms with E-state index in [1.165, 1.54) is 23.5 Å². The fraction of sp³-hybridized carbons (Fsp3) is 0.158. The molecule has 0 aliphatic rings. The van der Waals surface area contributed by atoms with E-state index in [4.69, 9.17) is 4.74 Å². The summed E-state index contributed by atoms with van der Waals surface area (Å²) >= 11 is 1.39. The van der Waals surface area contributed by atoms with Crippen molar-refractivity contribution >= 4 is 27.9 Å². The number of thiazole rings is 1. The van der Waals surface area contributed by atoms with Crippen molar-refractivity contribution in [2.45, 2.75) is 13.8 Å². The summed E-state index contributed by atoms with van der Waals surface area (Å²) in [6.07, 6.45) is 0. The van der Waals surface area contributed by atoms with Crippen molar-refractivity contribution in [2.24, 2.45) is 5.10 Å². The van der Waals surface area contributed by atoms with Gasteiger partial charge in [-0.1, -0.05) is 12.1 Å². The maximum Gasteiger partial charge on any atom is 0.270 e. The highest BCUT2D eigenvalue weighted by Crippen LogP contribution is 2.27. The van der Waals surface area contributed by atoms with Crippen molar-refractivity contribution in [2.75, 3.05) is 12.0 Å². The van der Waals surface area contributed by atoms with E-state index in [0.717, 1.165) is 17.0 Å². The molecule has 1 aromatic heterocycles. The van der Waals surface area contributed by atoms with Crippen molar-refractivity contribution < 1.29 is 9.66 Å². The first-order chi connectivity index (χ1) is 13.1. The average Bonchev–Trinajstić information content (AvgIpc) is 3.16. The summed E-state index contributed by atoms with van der Waals surface area (Å²) in [7, 11) is 0. The number of non-ortho nitro benzene ring substituents is 1. The molecule has 27 heavy (non-hydrogen) atoms. The van der Waals surface area contributed by atoms with Gasteiger partial charge in [0.15, 0.2) is 0 Å². The van der Waals surface area contributed by atoms with Crippen LogP contribution in [0.1, 0.15) is 19.4 Å². The van der Waals surface area contributed by atoms with Crippen LogP contribution in [0, 0.1) is 10.1 Å². The lowest BCUT2D eigenvalue weighted by Crippen LogP contribution is -2.00. The number of nitro groups is 1. The fourth-order valence-electron chi connectivity index (χ4n) is 2.39. The molecule has 0 aliphatic carbocycles. The van der Waals surface area contributed by atoms with Crippen LogP contribution < -0.4 is 10.2 Å². The summed E-state index contributed by atoms with van der Waals surface area (Å²) in [5.41, 5.74) is 6.13. The van der Waals surface area contributed by atoms with Crippen molar-refractivity contribution in [1.29, 1.82) is 0 Å². The smallest absolute Gasteiger partial charge is 0.270 e. The summed E-state index contributed by atoms with van der Waals surface area (Å²) in [6, 6.07) is 14.1. The SMILES string of the molecule is CCOc1ccc(/C(C)=N\Nc2nc(-c3cccc([N+](=O)[O-])c3)cs2)cc1. The van der Waals surface area contributed by atoms with Crippen LogP contribution in [0.15, 0.2) is 59.0 Å².